The fourth-order valence-electron chi connectivity index (χ4n) is 2.72. The highest BCUT2D eigenvalue weighted by Gasteiger charge is 2.13. The second kappa shape index (κ2) is 8.98. The lowest BCUT2D eigenvalue weighted by Gasteiger charge is -2.30. The predicted molar refractivity (Wildman–Crippen MR) is 87.5 cm³/mol. The van der Waals surface area contributed by atoms with Gasteiger partial charge in [0, 0.05) is 31.4 Å². The Balaban J connectivity index is 2.82. The summed E-state index contributed by atoms with van der Waals surface area (Å²) < 4.78 is 5.27. The van der Waals surface area contributed by atoms with Gasteiger partial charge in [-0.2, -0.15) is 0 Å². The number of methoxy groups -OCH3 is 1. The molecule has 1 aromatic rings. The Hall–Kier alpha value is -1.06. The van der Waals surface area contributed by atoms with Gasteiger partial charge in [0.25, 0.3) is 0 Å². The second-order valence-electron chi connectivity index (χ2n) is 5.20. The molecule has 0 aliphatic carbocycles. The normalized spacial score (nSPS) is 14.1. The fourth-order valence-corrected chi connectivity index (χ4v) is 2.72. The maximum atomic E-state index is 5.27. The third kappa shape index (κ3) is 4.50. The monoisotopic (exact) mass is 278 g/mol. The molecule has 3 nitrogen and oxygen atoms in total. The minimum absolute atomic E-state index is 0.395. The van der Waals surface area contributed by atoms with Crippen molar-refractivity contribution in [1.29, 1.82) is 0 Å². The maximum Gasteiger partial charge on any atom is 0.0663 e. The Labute approximate surface area is 124 Å². The predicted octanol–water partition coefficient (Wildman–Crippen LogP) is 3.61. The summed E-state index contributed by atoms with van der Waals surface area (Å²) in [6.45, 7) is 11.5. The molecule has 0 bridgehead atoms. The second-order valence-corrected chi connectivity index (χ2v) is 5.20. The molecule has 0 heterocycles. The SMILES string of the molecule is CCNC(CC)c1ccc(N(CC)C(C)COC)cc1. The topological polar surface area (TPSA) is 24.5 Å². The molecule has 1 rings (SSSR count). The number of hydrogen-bond donors (Lipinski definition) is 1. The molecular weight excluding hydrogens is 248 g/mol. The molecule has 0 amide bonds. The van der Waals surface area contributed by atoms with E-state index in [4.69, 9.17) is 4.74 Å². The number of benzene rings is 1. The lowest BCUT2D eigenvalue weighted by molar-refractivity contribution is 0.182. The van der Waals surface area contributed by atoms with E-state index in [9.17, 15) is 0 Å². The van der Waals surface area contributed by atoms with Crippen molar-refractivity contribution in [3.8, 4) is 0 Å². The zero-order valence-electron chi connectivity index (χ0n) is 13.6. The van der Waals surface area contributed by atoms with E-state index >= 15 is 0 Å². The smallest absolute Gasteiger partial charge is 0.0663 e. The van der Waals surface area contributed by atoms with Crippen LogP contribution < -0.4 is 10.2 Å². The van der Waals surface area contributed by atoms with Crippen molar-refractivity contribution in [2.24, 2.45) is 0 Å². The Bertz CT molecular complexity index is 364. The number of likely N-dealkylation sites (N-methyl/N-ethyl adjacent to an activating group) is 1. The summed E-state index contributed by atoms with van der Waals surface area (Å²) in [6.07, 6.45) is 1.12. The van der Waals surface area contributed by atoms with Gasteiger partial charge in [0.05, 0.1) is 6.61 Å². The number of anilines is 1. The van der Waals surface area contributed by atoms with Crippen LogP contribution in [-0.4, -0.2) is 32.8 Å². The summed E-state index contributed by atoms with van der Waals surface area (Å²) in [5, 5.41) is 3.52. The van der Waals surface area contributed by atoms with E-state index in [1.54, 1.807) is 7.11 Å². The largest absolute Gasteiger partial charge is 0.383 e. The first-order valence-electron chi connectivity index (χ1n) is 7.76. The van der Waals surface area contributed by atoms with Gasteiger partial charge in [-0.1, -0.05) is 26.0 Å². The van der Waals surface area contributed by atoms with Gasteiger partial charge in [-0.15, -0.1) is 0 Å². The van der Waals surface area contributed by atoms with Gasteiger partial charge in [-0.05, 0) is 44.5 Å². The third-order valence-electron chi connectivity index (χ3n) is 3.77. The molecule has 0 spiro atoms. The number of rotatable bonds is 9. The summed E-state index contributed by atoms with van der Waals surface area (Å²) in [6, 6.07) is 9.80. The molecule has 0 saturated carbocycles. The first-order chi connectivity index (χ1) is 9.67. The zero-order chi connectivity index (χ0) is 15.0. The van der Waals surface area contributed by atoms with E-state index in [-0.39, 0.29) is 0 Å². The molecule has 0 aromatic heterocycles. The summed E-state index contributed by atoms with van der Waals surface area (Å²) in [4.78, 5) is 2.38. The summed E-state index contributed by atoms with van der Waals surface area (Å²) in [5.41, 5.74) is 2.64. The molecule has 2 unspecified atom stereocenters. The molecule has 3 heteroatoms. The molecule has 1 aromatic carbocycles. The van der Waals surface area contributed by atoms with Crippen molar-refractivity contribution in [1.82, 2.24) is 5.32 Å². The van der Waals surface area contributed by atoms with E-state index < -0.39 is 0 Å². The van der Waals surface area contributed by atoms with Crippen LogP contribution in [0.5, 0.6) is 0 Å². The standard InChI is InChI=1S/C17H30N2O/c1-6-17(18-7-2)15-9-11-16(12-10-15)19(8-3)14(4)13-20-5/h9-12,14,17-18H,6-8,13H2,1-5H3. The molecular formula is C17H30N2O. The highest BCUT2D eigenvalue weighted by Crippen LogP contribution is 2.22. The van der Waals surface area contributed by atoms with Gasteiger partial charge in [0.15, 0.2) is 0 Å². The lowest BCUT2D eigenvalue weighted by atomic mass is 10.0. The number of ether oxygens (including phenoxy) is 1. The molecule has 0 fully saturated rings. The van der Waals surface area contributed by atoms with Gasteiger partial charge in [0.1, 0.15) is 0 Å². The highest BCUT2D eigenvalue weighted by atomic mass is 16.5. The van der Waals surface area contributed by atoms with Crippen molar-refractivity contribution in [2.75, 3.05) is 31.7 Å². The Morgan fingerprint density at radius 1 is 1.15 bits per heavy atom. The number of nitrogens with zero attached hydrogens (tertiary/aromatic N) is 1. The van der Waals surface area contributed by atoms with E-state index in [1.807, 2.05) is 0 Å². The van der Waals surface area contributed by atoms with Crippen molar-refractivity contribution in [3.05, 3.63) is 29.8 Å². The van der Waals surface area contributed by atoms with Crippen molar-refractivity contribution < 1.29 is 4.74 Å². The first kappa shape index (κ1) is 17.0. The van der Waals surface area contributed by atoms with Crippen LogP contribution in [0.4, 0.5) is 5.69 Å². The number of nitrogens with one attached hydrogen (secondary N) is 1. The van der Waals surface area contributed by atoms with Crippen LogP contribution in [0.3, 0.4) is 0 Å². The van der Waals surface area contributed by atoms with Gasteiger partial charge in [-0.3, -0.25) is 0 Å². The first-order valence-corrected chi connectivity index (χ1v) is 7.76. The average Bonchev–Trinajstić information content (AvgIpc) is 2.47. The van der Waals surface area contributed by atoms with Gasteiger partial charge < -0.3 is 15.0 Å². The summed E-state index contributed by atoms with van der Waals surface area (Å²) in [7, 11) is 1.76. The fraction of sp³-hybridized carbons (Fsp3) is 0.647. The van der Waals surface area contributed by atoms with E-state index in [2.05, 4.69) is 62.2 Å². The third-order valence-corrected chi connectivity index (χ3v) is 3.77. The van der Waals surface area contributed by atoms with Gasteiger partial charge in [-0.25, -0.2) is 0 Å². The minimum Gasteiger partial charge on any atom is -0.383 e. The zero-order valence-corrected chi connectivity index (χ0v) is 13.6. The Morgan fingerprint density at radius 2 is 1.80 bits per heavy atom. The molecule has 1 N–H and O–H groups in total. The van der Waals surface area contributed by atoms with E-state index in [0.717, 1.165) is 26.1 Å². The van der Waals surface area contributed by atoms with Crippen molar-refractivity contribution >= 4 is 5.69 Å². The quantitative estimate of drug-likeness (QED) is 0.747. The summed E-state index contributed by atoms with van der Waals surface area (Å²) in [5.74, 6) is 0. The van der Waals surface area contributed by atoms with Crippen LogP contribution in [0.15, 0.2) is 24.3 Å². The number of hydrogen-bond acceptors (Lipinski definition) is 3. The molecule has 0 saturated heterocycles. The maximum absolute atomic E-state index is 5.27. The molecule has 114 valence electrons. The van der Waals surface area contributed by atoms with E-state index in [0.29, 0.717) is 12.1 Å². The van der Waals surface area contributed by atoms with Crippen LogP contribution in [0.25, 0.3) is 0 Å². The highest BCUT2D eigenvalue weighted by molar-refractivity contribution is 5.48. The van der Waals surface area contributed by atoms with Crippen LogP contribution in [-0.2, 0) is 4.74 Å². The van der Waals surface area contributed by atoms with E-state index in [1.165, 1.54) is 11.3 Å². The average molecular weight is 278 g/mol. The molecule has 0 aliphatic heterocycles. The van der Waals surface area contributed by atoms with Crippen LogP contribution in [0.1, 0.15) is 45.7 Å². The van der Waals surface area contributed by atoms with Gasteiger partial charge in [0.2, 0.25) is 0 Å². The van der Waals surface area contributed by atoms with Gasteiger partial charge >= 0.3 is 0 Å². The summed E-state index contributed by atoms with van der Waals surface area (Å²) >= 11 is 0. The molecule has 0 radical (unpaired) electrons. The lowest BCUT2D eigenvalue weighted by Crippen LogP contribution is -2.36. The molecule has 2 atom stereocenters. The Morgan fingerprint density at radius 3 is 2.25 bits per heavy atom. The van der Waals surface area contributed by atoms with Crippen molar-refractivity contribution in [3.63, 3.8) is 0 Å². The van der Waals surface area contributed by atoms with Crippen LogP contribution >= 0.6 is 0 Å². The molecule has 0 aliphatic rings. The molecule has 20 heavy (non-hydrogen) atoms. The minimum atomic E-state index is 0.395. The Kier molecular flexibility index (Phi) is 7.63. The van der Waals surface area contributed by atoms with Crippen LogP contribution in [0, 0.1) is 0 Å². The van der Waals surface area contributed by atoms with Crippen LogP contribution in [0.2, 0.25) is 0 Å². The van der Waals surface area contributed by atoms with Crippen molar-refractivity contribution in [2.45, 2.75) is 46.2 Å².